The number of ether oxygens (including phenoxy) is 2. The molecule has 3 amide bonds. The number of imide groups is 1. The third-order valence-electron chi connectivity index (χ3n) is 5.32. The van der Waals surface area contributed by atoms with Gasteiger partial charge in [0.25, 0.3) is 17.7 Å². The van der Waals surface area contributed by atoms with Gasteiger partial charge in [0.1, 0.15) is 0 Å². The number of fused-ring (bicyclic) bond motifs is 1. The minimum absolute atomic E-state index is 0.152. The summed E-state index contributed by atoms with van der Waals surface area (Å²) in [6.07, 6.45) is 1.16. The van der Waals surface area contributed by atoms with E-state index in [4.69, 9.17) is 9.47 Å². The Balaban J connectivity index is 1.77. The van der Waals surface area contributed by atoms with E-state index >= 15 is 0 Å². The molecule has 0 aliphatic carbocycles. The van der Waals surface area contributed by atoms with Crippen LogP contribution < -0.4 is 0 Å². The zero-order valence-electron chi connectivity index (χ0n) is 16.3. The molecule has 1 aromatic carbocycles. The second kappa shape index (κ2) is 7.40. The molecule has 7 nitrogen and oxygen atoms in total. The highest BCUT2D eigenvalue weighted by molar-refractivity contribution is 6.22. The Labute approximate surface area is 159 Å². The number of benzene rings is 1. The van der Waals surface area contributed by atoms with Crippen LogP contribution in [-0.4, -0.2) is 67.2 Å². The summed E-state index contributed by atoms with van der Waals surface area (Å²) in [4.78, 5) is 40.9. The number of methoxy groups -OCH3 is 2. The average molecular weight is 374 g/mol. The van der Waals surface area contributed by atoms with Gasteiger partial charge in [-0.2, -0.15) is 0 Å². The largest absolute Gasteiger partial charge is 0.353 e. The molecule has 1 saturated heterocycles. The van der Waals surface area contributed by atoms with E-state index in [1.165, 1.54) is 4.90 Å². The molecule has 0 aromatic heterocycles. The van der Waals surface area contributed by atoms with Crippen molar-refractivity contribution in [3.8, 4) is 0 Å². The second-order valence-electron chi connectivity index (χ2n) is 7.49. The van der Waals surface area contributed by atoms with Gasteiger partial charge in [0.15, 0.2) is 5.79 Å². The van der Waals surface area contributed by atoms with Crippen LogP contribution in [0.25, 0.3) is 0 Å². The van der Waals surface area contributed by atoms with Crippen molar-refractivity contribution in [1.29, 1.82) is 0 Å². The van der Waals surface area contributed by atoms with E-state index in [0.717, 1.165) is 0 Å². The number of hydrogen-bond donors (Lipinski definition) is 0. The van der Waals surface area contributed by atoms with Gasteiger partial charge in [-0.05, 0) is 24.1 Å². The molecule has 1 fully saturated rings. The second-order valence-corrected chi connectivity index (χ2v) is 7.49. The fourth-order valence-corrected chi connectivity index (χ4v) is 3.68. The van der Waals surface area contributed by atoms with Crippen LogP contribution in [0.2, 0.25) is 0 Å². The zero-order chi connectivity index (χ0) is 19.8. The summed E-state index contributed by atoms with van der Waals surface area (Å²) in [5, 5.41) is 0. The number of carbonyl (C=O) groups is 3. The normalized spacial score (nSPS) is 19.0. The van der Waals surface area contributed by atoms with Crippen molar-refractivity contribution in [3.05, 3.63) is 34.9 Å². The topological polar surface area (TPSA) is 76.2 Å². The fraction of sp³-hybridized carbons (Fsp3) is 0.550. The molecule has 7 heteroatoms. The van der Waals surface area contributed by atoms with Crippen molar-refractivity contribution < 1.29 is 23.9 Å². The molecule has 0 saturated carbocycles. The van der Waals surface area contributed by atoms with Crippen molar-refractivity contribution in [3.63, 3.8) is 0 Å². The number of rotatable bonds is 5. The number of hydrogen-bond acceptors (Lipinski definition) is 5. The van der Waals surface area contributed by atoms with Crippen LogP contribution in [0.1, 0.15) is 57.8 Å². The maximum Gasteiger partial charge on any atom is 0.261 e. The molecule has 3 rings (SSSR count). The summed E-state index contributed by atoms with van der Waals surface area (Å²) in [6.45, 7) is 5.29. The van der Waals surface area contributed by atoms with Gasteiger partial charge in [0, 0.05) is 52.3 Å². The average Bonchev–Trinajstić information content (AvgIpc) is 2.91. The number of nitrogens with zero attached hydrogens (tertiary/aromatic N) is 2. The lowest BCUT2D eigenvalue weighted by Crippen LogP contribution is -2.48. The summed E-state index contributed by atoms with van der Waals surface area (Å²) >= 11 is 0. The fourth-order valence-electron chi connectivity index (χ4n) is 3.68. The monoisotopic (exact) mass is 374 g/mol. The smallest absolute Gasteiger partial charge is 0.261 e. The number of amides is 3. The van der Waals surface area contributed by atoms with Gasteiger partial charge in [-0.1, -0.05) is 13.8 Å². The Morgan fingerprint density at radius 3 is 2.22 bits per heavy atom. The van der Waals surface area contributed by atoms with Crippen molar-refractivity contribution in [2.24, 2.45) is 5.92 Å². The van der Waals surface area contributed by atoms with Crippen LogP contribution >= 0.6 is 0 Å². The van der Waals surface area contributed by atoms with Crippen molar-refractivity contribution >= 4 is 17.7 Å². The lowest BCUT2D eigenvalue weighted by Gasteiger charge is -2.39. The van der Waals surface area contributed by atoms with E-state index in [-0.39, 0.29) is 23.6 Å². The van der Waals surface area contributed by atoms with Crippen LogP contribution in [-0.2, 0) is 9.47 Å². The highest BCUT2D eigenvalue weighted by atomic mass is 16.7. The highest BCUT2D eigenvalue weighted by Gasteiger charge is 2.38. The standard InChI is InChI=1S/C20H26N2O5/c1-13(2)12-22-18(24)15-6-5-14(11-16(15)19(22)25)17(23)21-9-7-20(26-3,27-4)8-10-21/h5-6,11,13H,7-10,12H2,1-4H3. The Morgan fingerprint density at radius 2 is 1.67 bits per heavy atom. The molecular weight excluding hydrogens is 348 g/mol. The first-order valence-electron chi connectivity index (χ1n) is 9.21. The van der Waals surface area contributed by atoms with Crippen LogP contribution in [0.5, 0.6) is 0 Å². The van der Waals surface area contributed by atoms with Gasteiger partial charge in [0.2, 0.25) is 0 Å². The molecule has 1 aromatic rings. The molecule has 2 aliphatic heterocycles. The van der Waals surface area contributed by atoms with Gasteiger partial charge in [-0.3, -0.25) is 19.3 Å². The molecule has 0 radical (unpaired) electrons. The third kappa shape index (κ3) is 3.49. The third-order valence-corrected chi connectivity index (χ3v) is 5.32. The van der Waals surface area contributed by atoms with Crippen molar-refractivity contribution in [2.75, 3.05) is 33.9 Å². The Morgan fingerprint density at radius 1 is 1.07 bits per heavy atom. The maximum atomic E-state index is 12.9. The molecule has 0 bridgehead atoms. The van der Waals surface area contributed by atoms with E-state index in [1.54, 1.807) is 37.3 Å². The maximum absolute atomic E-state index is 12.9. The Kier molecular flexibility index (Phi) is 5.35. The van der Waals surface area contributed by atoms with Gasteiger partial charge in [-0.15, -0.1) is 0 Å². The summed E-state index contributed by atoms with van der Waals surface area (Å²) in [5.41, 5.74) is 1.10. The molecule has 0 N–H and O–H groups in total. The van der Waals surface area contributed by atoms with Crippen molar-refractivity contribution in [1.82, 2.24) is 9.80 Å². The van der Waals surface area contributed by atoms with Crippen LogP contribution in [0.15, 0.2) is 18.2 Å². The minimum Gasteiger partial charge on any atom is -0.353 e. The molecule has 0 unspecified atom stereocenters. The molecule has 2 heterocycles. The molecule has 27 heavy (non-hydrogen) atoms. The Bertz CT molecular complexity index is 760. The zero-order valence-corrected chi connectivity index (χ0v) is 16.3. The SMILES string of the molecule is COC1(OC)CCN(C(=O)c2ccc3c(c2)C(=O)N(CC(C)C)C3=O)CC1. The van der Waals surface area contributed by atoms with Gasteiger partial charge >= 0.3 is 0 Å². The first kappa shape index (κ1) is 19.5. The van der Waals surface area contributed by atoms with Crippen LogP contribution in [0.4, 0.5) is 0 Å². The lowest BCUT2D eigenvalue weighted by atomic mass is 10.0. The summed E-state index contributed by atoms with van der Waals surface area (Å²) in [5.74, 6) is -1.22. The van der Waals surface area contributed by atoms with E-state index in [9.17, 15) is 14.4 Å². The molecule has 146 valence electrons. The van der Waals surface area contributed by atoms with E-state index in [1.807, 2.05) is 13.8 Å². The number of piperidine rings is 1. The van der Waals surface area contributed by atoms with Gasteiger partial charge in [0.05, 0.1) is 11.1 Å². The summed E-state index contributed by atoms with van der Waals surface area (Å²) < 4.78 is 10.9. The highest BCUT2D eigenvalue weighted by Crippen LogP contribution is 2.29. The predicted molar refractivity (Wildman–Crippen MR) is 98.5 cm³/mol. The van der Waals surface area contributed by atoms with Gasteiger partial charge < -0.3 is 14.4 Å². The predicted octanol–water partition coefficient (Wildman–Crippen LogP) is 2.16. The quantitative estimate of drug-likeness (QED) is 0.583. The van der Waals surface area contributed by atoms with Crippen LogP contribution in [0.3, 0.4) is 0 Å². The number of likely N-dealkylation sites (tertiary alicyclic amines) is 1. The molecular formula is C20H26N2O5. The summed E-state index contributed by atoms with van der Waals surface area (Å²) in [7, 11) is 3.21. The van der Waals surface area contributed by atoms with E-state index in [2.05, 4.69) is 0 Å². The van der Waals surface area contributed by atoms with Crippen LogP contribution in [0, 0.1) is 5.92 Å². The first-order valence-corrected chi connectivity index (χ1v) is 9.21. The first-order chi connectivity index (χ1) is 12.8. The number of carbonyl (C=O) groups excluding carboxylic acids is 3. The lowest BCUT2D eigenvalue weighted by molar-refractivity contribution is -0.226. The van der Waals surface area contributed by atoms with Gasteiger partial charge in [-0.25, -0.2) is 0 Å². The minimum atomic E-state index is -0.644. The summed E-state index contributed by atoms with van der Waals surface area (Å²) in [6, 6.07) is 4.76. The van der Waals surface area contributed by atoms with E-state index < -0.39 is 5.79 Å². The molecule has 0 spiro atoms. The van der Waals surface area contributed by atoms with E-state index in [0.29, 0.717) is 49.2 Å². The molecule has 2 aliphatic rings. The van der Waals surface area contributed by atoms with Crippen molar-refractivity contribution in [2.45, 2.75) is 32.5 Å². The molecule has 0 atom stereocenters. The Hall–Kier alpha value is -2.25.